The van der Waals surface area contributed by atoms with Crippen molar-refractivity contribution in [1.29, 1.82) is 0 Å². The number of benzene rings is 1. The Hall–Kier alpha value is 0.130. The van der Waals surface area contributed by atoms with Gasteiger partial charge >= 0.3 is 0 Å². The fourth-order valence-electron chi connectivity index (χ4n) is 4.63. The molecule has 3 fully saturated rings. The van der Waals surface area contributed by atoms with Gasteiger partial charge in [-0.1, -0.05) is 92.0 Å². The average molecular weight is 494 g/mol. The van der Waals surface area contributed by atoms with Gasteiger partial charge in [0, 0.05) is 16.8 Å². The van der Waals surface area contributed by atoms with Gasteiger partial charge in [-0.05, 0) is 23.8 Å². The number of rotatable bonds is 4. The molecule has 5 heteroatoms. The summed E-state index contributed by atoms with van der Waals surface area (Å²) >= 11 is 11.3. The number of nitrogens with one attached hydrogen (secondary N) is 1. The average Bonchev–Trinajstić information content (AvgIpc) is 2.95. The highest BCUT2D eigenvalue weighted by Crippen LogP contribution is 2.82. The van der Waals surface area contributed by atoms with Crippen molar-refractivity contribution in [1.82, 2.24) is 5.32 Å². The lowest BCUT2D eigenvalue weighted by Gasteiger charge is -2.66. The van der Waals surface area contributed by atoms with Gasteiger partial charge in [0.15, 0.2) is 0 Å². The Bertz CT molecular complexity index is 589. The molecule has 0 saturated heterocycles. The Balaban J connectivity index is 1.79. The molecule has 1 aromatic rings. The van der Waals surface area contributed by atoms with Gasteiger partial charge in [0.2, 0.25) is 5.91 Å². The highest BCUT2D eigenvalue weighted by atomic mass is 79.9. The Morgan fingerprint density at radius 1 is 1.27 bits per heavy atom. The van der Waals surface area contributed by atoms with Crippen LogP contribution >= 0.6 is 47.8 Å². The first kappa shape index (κ1) is 17.0. The number of hydrogen-bond acceptors (Lipinski definition) is 1. The van der Waals surface area contributed by atoms with Crippen LogP contribution < -0.4 is 5.32 Å². The highest BCUT2D eigenvalue weighted by Gasteiger charge is 2.83. The number of hydrogen-bond donors (Lipinski definition) is 1. The summed E-state index contributed by atoms with van der Waals surface area (Å²) in [5.41, 5.74) is 0.851. The van der Waals surface area contributed by atoms with Crippen LogP contribution in [0.4, 0.5) is 0 Å². The third-order valence-electron chi connectivity index (χ3n) is 6.19. The summed E-state index contributed by atoms with van der Waals surface area (Å²) in [4.78, 5) is 13.2. The van der Waals surface area contributed by atoms with E-state index < -0.39 is 0 Å². The van der Waals surface area contributed by atoms with Crippen LogP contribution in [0.25, 0.3) is 0 Å². The minimum absolute atomic E-state index is 0.0490. The summed E-state index contributed by atoms with van der Waals surface area (Å²) in [7, 11) is 0. The molecule has 4 rings (SSSR count). The third kappa shape index (κ3) is 1.91. The Labute approximate surface area is 157 Å². The number of fused-ring (bicyclic) bond motifs is 1. The summed E-state index contributed by atoms with van der Waals surface area (Å²) < 4.78 is 0.212. The molecule has 2 bridgehead atoms. The zero-order valence-corrected chi connectivity index (χ0v) is 17.5. The molecule has 3 saturated carbocycles. The van der Waals surface area contributed by atoms with Crippen LogP contribution in [0.2, 0.25) is 0 Å². The first-order chi connectivity index (χ1) is 10.3. The van der Waals surface area contributed by atoms with Gasteiger partial charge in [-0.25, -0.2) is 0 Å². The Morgan fingerprint density at radius 2 is 1.91 bits per heavy atom. The molecule has 1 aromatic carbocycles. The predicted octanol–water partition coefficient (Wildman–Crippen LogP) is 4.99. The summed E-state index contributed by atoms with van der Waals surface area (Å²) in [6, 6.07) is 10.1. The second-order valence-electron chi connectivity index (χ2n) is 6.97. The minimum Gasteiger partial charge on any atom is -0.351 e. The molecule has 0 aromatic heterocycles. The Morgan fingerprint density at radius 3 is 2.41 bits per heavy atom. The molecule has 1 N–H and O–H groups in total. The van der Waals surface area contributed by atoms with Gasteiger partial charge in [0.05, 0.1) is 9.15 Å². The summed E-state index contributed by atoms with van der Waals surface area (Å²) in [6.07, 6.45) is 1.99. The highest BCUT2D eigenvalue weighted by molar-refractivity contribution is 9.24. The predicted molar refractivity (Wildman–Crippen MR) is 101 cm³/mol. The topological polar surface area (TPSA) is 29.1 Å². The van der Waals surface area contributed by atoms with E-state index in [0.717, 1.165) is 18.4 Å². The molecule has 2 nitrogen and oxygen atoms in total. The Kier molecular flexibility index (Phi) is 4.31. The van der Waals surface area contributed by atoms with E-state index in [9.17, 15) is 4.79 Å². The molecular weight excluding hydrogens is 474 g/mol. The number of alkyl halides is 3. The van der Waals surface area contributed by atoms with Gasteiger partial charge in [-0.15, -0.1) is 0 Å². The van der Waals surface area contributed by atoms with Crippen molar-refractivity contribution in [2.45, 2.75) is 41.8 Å². The smallest absolute Gasteiger partial charge is 0.228 e. The summed E-state index contributed by atoms with van der Waals surface area (Å²) in [6.45, 7) is 5.06. The number of halogens is 3. The largest absolute Gasteiger partial charge is 0.351 e. The van der Waals surface area contributed by atoms with Crippen molar-refractivity contribution in [2.75, 3.05) is 0 Å². The van der Waals surface area contributed by atoms with E-state index in [4.69, 9.17) is 0 Å². The summed E-state index contributed by atoms with van der Waals surface area (Å²) in [5, 5.41) is 3.16. The van der Waals surface area contributed by atoms with Crippen LogP contribution in [0, 0.1) is 16.2 Å². The lowest BCUT2D eigenvalue weighted by molar-refractivity contribution is -0.161. The van der Waals surface area contributed by atoms with E-state index in [1.807, 2.05) is 30.3 Å². The molecule has 120 valence electrons. The maximum Gasteiger partial charge on any atom is 0.228 e. The van der Waals surface area contributed by atoms with Gasteiger partial charge in [0.1, 0.15) is 0 Å². The molecule has 0 radical (unpaired) electrons. The van der Waals surface area contributed by atoms with E-state index >= 15 is 0 Å². The maximum absolute atomic E-state index is 13.0. The van der Waals surface area contributed by atoms with Crippen LogP contribution in [-0.4, -0.2) is 14.5 Å². The molecule has 0 unspecified atom stereocenters. The van der Waals surface area contributed by atoms with Crippen molar-refractivity contribution in [3.05, 3.63) is 35.9 Å². The molecule has 3 aliphatic carbocycles. The quantitative estimate of drug-likeness (QED) is 0.588. The van der Waals surface area contributed by atoms with Gasteiger partial charge in [-0.2, -0.15) is 0 Å². The molecule has 1 amide bonds. The van der Waals surface area contributed by atoms with Crippen molar-refractivity contribution >= 4 is 53.7 Å². The first-order valence-electron chi connectivity index (χ1n) is 7.55. The zero-order chi connectivity index (χ0) is 16.2. The van der Waals surface area contributed by atoms with Crippen LogP contribution in [0.3, 0.4) is 0 Å². The molecule has 0 aliphatic heterocycles. The van der Waals surface area contributed by atoms with Crippen LogP contribution in [0.15, 0.2) is 30.3 Å². The van der Waals surface area contributed by atoms with E-state index in [1.54, 1.807) is 0 Å². The van der Waals surface area contributed by atoms with Crippen molar-refractivity contribution < 1.29 is 4.79 Å². The lowest BCUT2D eigenvalue weighted by atomic mass is 9.43. The molecule has 0 heterocycles. The summed E-state index contributed by atoms with van der Waals surface area (Å²) in [5.74, 6) is 0.178. The second-order valence-corrected chi connectivity index (χ2v) is 10.9. The molecule has 22 heavy (non-hydrogen) atoms. The van der Waals surface area contributed by atoms with Crippen LogP contribution in [-0.2, 0) is 11.3 Å². The fourth-order valence-corrected chi connectivity index (χ4v) is 9.55. The molecular formula is C17H20Br3NO. The number of amides is 1. The van der Waals surface area contributed by atoms with Gasteiger partial charge < -0.3 is 5.32 Å². The SMILES string of the molecule is CC1(C)[C@@]2(C(=O)NCc3ccccc3)CC[C@@]1(C(Br)Br)[C@@H]2Br. The van der Waals surface area contributed by atoms with E-state index in [1.165, 1.54) is 0 Å². The second kappa shape index (κ2) is 5.59. The first-order valence-corrected chi connectivity index (χ1v) is 10.3. The molecule has 0 spiro atoms. The number of carbonyl (C=O) groups excluding carboxylic acids is 1. The van der Waals surface area contributed by atoms with Gasteiger partial charge in [-0.3, -0.25) is 4.79 Å². The maximum atomic E-state index is 13.0. The zero-order valence-electron chi connectivity index (χ0n) is 12.7. The standard InChI is InChI=1S/C17H20Br3NO/c1-15(2)16(13(19)20)8-9-17(15,12(16)18)14(22)21-10-11-6-4-3-5-7-11/h3-7,12-13H,8-10H2,1-2H3,(H,21,22)/t12-,16-,17-/m0/s1. The third-order valence-corrected chi connectivity index (χ3v) is 9.42. The van der Waals surface area contributed by atoms with Crippen LogP contribution in [0.1, 0.15) is 32.3 Å². The van der Waals surface area contributed by atoms with Gasteiger partial charge in [0.25, 0.3) is 0 Å². The number of carbonyl (C=O) groups is 1. The van der Waals surface area contributed by atoms with E-state index in [2.05, 4.69) is 67.0 Å². The van der Waals surface area contributed by atoms with Crippen molar-refractivity contribution in [2.24, 2.45) is 16.2 Å². The fraction of sp³-hybridized carbons (Fsp3) is 0.588. The van der Waals surface area contributed by atoms with Crippen molar-refractivity contribution in [3.8, 4) is 0 Å². The molecule has 3 atom stereocenters. The van der Waals surface area contributed by atoms with E-state index in [-0.39, 0.29) is 30.7 Å². The molecule has 3 aliphatic rings. The minimum atomic E-state index is -0.318. The normalized spacial score (nSPS) is 35.3. The monoisotopic (exact) mass is 491 g/mol. The van der Waals surface area contributed by atoms with E-state index in [0.29, 0.717) is 6.54 Å². The van der Waals surface area contributed by atoms with Crippen LogP contribution in [0.5, 0.6) is 0 Å². The van der Waals surface area contributed by atoms with Crippen molar-refractivity contribution in [3.63, 3.8) is 0 Å². The lowest BCUT2D eigenvalue weighted by Crippen LogP contribution is -2.72.